The number of carbonyl (C=O) groups excluding carboxylic acids is 1. The number of halogens is 2. The number of nitrogens with zero attached hydrogens (tertiary/aromatic N) is 2. The van der Waals surface area contributed by atoms with Crippen LogP contribution < -0.4 is 10.6 Å². The minimum absolute atomic E-state index is 0.248. The number of fused-ring (bicyclic) bond motifs is 1. The fourth-order valence-corrected chi connectivity index (χ4v) is 3.24. The summed E-state index contributed by atoms with van der Waals surface area (Å²) in [6.45, 7) is 2.23. The van der Waals surface area contributed by atoms with Gasteiger partial charge >= 0.3 is 0 Å². The lowest BCUT2D eigenvalue weighted by Crippen LogP contribution is -2.51. The van der Waals surface area contributed by atoms with E-state index in [0.717, 1.165) is 31.7 Å². The molecule has 1 amide bonds. The van der Waals surface area contributed by atoms with Gasteiger partial charge in [0.25, 0.3) is 0 Å². The fraction of sp³-hybridized carbons (Fsp3) is 0.462. The molecule has 2 aliphatic heterocycles. The Morgan fingerprint density at radius 2 is 2.16 bits per heavy atom. The highest BCUT2D eigenvalue weighted by atomic mass is 79.9. The van der Waals surface area contributed by atoms with Crippen LogP contribution in [0, 0.1) is 5.82 Å². The van der Waals surface area contributed by atoms with E-state index in [1.54, 1.807) is 6.07 Å². The summed E-state index contributed by atoms with van der Waals surface area (Å²) in [6, 6.07) is 3.33. The van der Waals surface area contributed by atoms with E-state index in [1.807, 2.05) is 4.90 Å². The van der Waals surface area contributed by atoms with Gasteiger partial charge in [0.1, 0.15) is 5.82 Å². The van der Waals surface area contributed by atoms with Crippen molar-refractivity contribution in [3.8, 4) is 0 Å². The number of benzene rings is 1. The molecule has 0 aromatic heterocycles. The van der Waals surface area contributed by atoms with Gasteiger partial charge in [0.2, 0.25) is 5.91 Å². The molecule has 3 rings (SSSR count). The standard InChI is InChI=1S/C13H15BrFN3O/c14-9-5-12(11(16)6-10(9)15)17-3-4-18-8(7-17)1-2-13(18)19/h5-6,8H,1-4,7,16H2. The number of anilines is 2. The average molecular weight is 328 g/mol. The Hall–Kier alpha value is -1.30. The van der Waals surface area contributed by atoms with Gasteiger partial charge in [-0.25, -0.2) is 4.39 Å². The Labute approximate surface area is 119 Å². The minimum Gasteiger partial charge on any atom is -0.397 e. The predicted octanol–water partition coefficient (Wildman–Crippen LogP) is 1.98. The zero-order valence-electron chi connectivity index (χ0n) is 10.4. The van der Waals surface area contributed by atoms with E-state index in [4.69, 9.17) is 5.73 Å². The van der Waals surface area contributed by atoms with Gasteiger partial charge < -0.3 is 15.5 Å². The monoisotopic (exact) mass is 327 g/mol. The van der Waals surface area contributed by atoms with Crippen LogP contribution >= 0.6 is 15.9 Å². The number of nitrogens with two attached hydrogens (primary N) is 1. The Morgan fingerprint density at radius 3 is 2.95 bits per heavy atom. The van der Waals surface area contributed by atoms with Crippen LogP contribution in [0.2, 0.25) is 0 Å². The molecule has 1 unspecified atom stereocenters. The number of nitrogen functional groups attached to an aromatic ring is 1. The number of amides is 1. The molecule has 1 atom stereocenters. The average Bonchev–Trinajstić information content (AvgIpc) is 2.75. The van der Waals surface area contributed by atoms with Crippen molar-refractivity contribution in [3.05, 3.63) is 22.4 Å². The van der Waals surface area contributed by atoms with Crippen molar-refractivity contribution in [1.29, 1.82) is 0 Å². The second kappa shape index (κ2) is 4.67. The van der Waals surface area contributed by atoms with Crippen LogP contribution in [0.1, 0.15) is 12.8 Å². The smallest absolute Gasteiger partial charge is 0.223 e. The van der Waals surface area contributed by atoms with Gasteiger partial charge in [-0.3, -0.25) is 4.79 Å². The van der Waals surface area contributed by atoms with E-state index in [-0.39, 0.29) is 17.8 Å². The zero-order valence-corrected chi connectivity index (χ0v) is 12.0. The molecule has 6 heteroatoms. The lowest BCUT2D eigenvalue weighted by Gasteiger charge is -2.39. The molecule has 0 spiro atoms. The van der Waals surface area contributed by atoms with Crippen LogP contribution in [0.25, 0.3) is 0 Å². The first kappa shape index (κ1) is 12.7. The quantitative estimate of drug-likeness (QED) is 0.802. The maximum Gasteiger partial charge on any atom is 0.223 e. The van der Waals surface area contributed by atoms with Gasteiger partial charge in [0, 0.05) is 38.2 Å². The topological polar surface area (TPSA) is 49.6 Å². The van der Waals surface area contributed by atoms with Crippen LogP contribution in [0.5, 0.6) is 0 Å². The molecule has 102 valence electrons. The van der Waals surface area contributed by atoms with Gasteiger partial charge in [-0.1, -0.05) is 0 Å². The highest BCUT2D eigenvalue weighted by Crippen LogP contribution is 2.33. The van der Waals surface area contributed by atoms with Crippen molar-refractivity contribution in [3.63, 3.8) is 0 Å². The van der Waals surface area contributed by atoms with Crippen molar-refractivity contribution in [2.75, 3.05) is 30.3 Å². The molecule has 2 N–H and O–H groups in total. The summed E-state index contributed by atoms with van der Waals surface area (Å²) < 4.78 is 13.8. The second-order valence-corrected chi connectivity index (χ2v) is 5.91. The van der Waals surface area contributed by atoms with Gasteiger partial charge in [0.05, 0.1) is 15.8 Å². The summed E-state index contributed by atoms with van der Waals surface area (Å²) in [6.07, 6.45) is 1.54. The SMILES string of the molecule is Nc1cc(F)c(Br)cc1N1CCN2C(=O)CCC2C1. The largest absolute Gasteiger partial charge is 0.397 e. The first-order chi connectivity index (χ1) is 9.06. The summed E-state index contributed by atoms with van der Waals surface area (Å²) >= 11 is 3.19. The molecule has 0 saturated carbocycles. The number of carbonyl (C=O) groups is 1. The number of hydrogen-bond donors (Lipinski definition) is 1. The fourth-order valence-electron chi connectivity index (χ4n) is 2.91. The normalized spacial score (nSPS) is 22.8. The van der Waals surface area contributed by atoms with Crippen molar-refractivity contribution >= 4 is 33.2 Å². The third-order valence-electron chi connectivity index (χ3n) is 3.90. The highest BCUT2D eigenvalue weighted by Gasteiger charge is 2.35. The summed E-state index contributed by atoms with van der Waals surface area (Å²) in [5, 5.41) is 0. The van der Waals surface area contributed by atoms with Crippen LogP contribution in [0.4, 0.5) is 15.8 Å². The summed E-state index contributed by atoms with van der Waals surface area (Å²) in [4.78, 5) is 15.7. The molecule has 19 heavy (non-hydrogen) atoms. The van der Waals surface area contributed by atoms with Crippen LogP contribution in [-0.4, -0.2) is 36.5 Å². The Balaban J connectivity index is 1.84. The summed E-state index contributed by atoms with van der Waals surface area (Å²) in [7, 11) is 0. The second-order valence-electron chi connectivity index (χ2n) is 5.05. The third-order valence-corrected chi connectivity index (χ3v) is 4.51. The molecule has 4 nitrogen and oxygen atoms in total. The van der Waals surface area contributed by atoms with E-state index >= 15 is 0 Å². The van der Waals surface area contributed by atoms with Crippen molar-refractivity contribution in [1.82, 2.24) is 4.90 Å². The highest BCUT2D eigenvalue weighted by molar-refractivity contribution is 9.10. The maximum absolute atomic E-state index is 13.4. The lowest BCUT2D eigenvalue weighted by molar-refractivity contribution is -0.129. The van der Waals surface area contributed by atoms with E-state index in [9.17, 15) is 9.18 Å². The molecule has 2 heterocycles. The van der Waals surface area contributed by atoms with Gasteiger partial charge in [-0.15, -0.1) is 0 Å². The van der Waals surface area contributed by atoms with Gasteiger partial charge in [-0.2, -0.15) is 0 Å². The molecule has 0 bridgehead atoms. The first-order valence-corrected chi connectivity index (χ1v) is 7.14. The predicted molar refractivity (Wildman–Crippen MR) is 75.5 cm³/mol. The molecule has 0 radical (unpaired) electrons. The molecule has 2 fully saturated rings. The molecule has 0 aliphatic carbocycles. The van der Waals surface area contributed by atoms with E-state index in [1.165, 1.54) is 6.07 Å². The molecule has 2 saturated heterocycles. The van der Waals surface area contributed by atoms with Crippen molar-refractivity contribution in [2.45, 2.75) is 18.9 Å². The molecule has 2 aliphatic rings. The van der Waals surface area contributed by atoms with Crippen LogP contribution in [-0.2, 0) is 4.79 Å². The Morgan fingerprint density at radius 1 is 1.37 bits per heavy atom. The van der Waals surface area contributed by atoms with Crippen molar-refractivity contribution < 1.29 is 9.18 Å². The first-order valence-electron chi connectivity index (χ1n) is 6.35. The number of rotatable bonds is 1. The molecular formula is C13H15BrFN3O. The number of piperazine rings is 1. The molecule has 1 aromatic carbocycles. The third kappa shape index (κ3) is 2.18. The molecule has 1 aromatic rings. The Kier molecular flexibility index (Phi) is 3.12. The summed E-state index contributed by atoms with van der Waals surface area (Å²) in [5.74, 6) is -0.103. The zero-order chi connectivity index (χ0) is 13.6. The Bertz CT molecular complexity index is 537. The summed E-state index contributed by atoms with van der Waals surface area (Å²) in [5.41, 5.74) is 7.19. The molecular weight excluding hydrogens is 313 g/mol. The minimum atomic E-state index is -0.351. The van der Waals surface area contributed by atoms with Gasteiger partial charge in [0.15, 0.2) is 0 Å². The van der Waals surface area contributed by atoms with Crippen LogP contribution in [0.3, 0.4) is 0 Å². The van der Waals surface area contributed by atoms with E-state index < -0.39 is 0 Å². The van der Waals surface area contributed by atoms with E-state index in [2.05, 4.69) is 20.8 Å². The van der Waals surface area contributed by atoms with E-state index in [0.29, 0.717) is 16.6 Å². The van der Waals surface area contributed by atoms with Crippen molar-refractivity contribution in [2.24, 2.45) is 0 Å². The number of hydrogen-bond acceptors (Lipinski definition) is 3. The van der Waals surface area contributed by atoms with Gasteiger partial charge in [-0.05, 0) is 28.4 Å². The van der Waals surface area contributed by atoms with Crippen LogP contribution in [0.15, 0.2) is 16.6 Å². The maximum atomic E-state index is 13.4. The lowest BCUT2D eigenvalue weighted by atomic mass is 10.1.